The van der Waals surface area contributed by atoms with Gasteiger partial charge in [0.25, 0.3) is 0 Å². The lowest BCUT2D eigenvalue weighted by Crippen LogP contribution is -2.46. The molecule has 1 amide bonds. The van der Waals surface area contributed by atoms with Gasteiger partial charge >= 0.3 is 0 Å². The Morgan fingerprint density at radius 2 is 1.78 bits per heavy atom. The van der Waals surface area contributed by atoms with Gasteiger partial charge in [0.05, 0.1) is 6.54 Å². The van der Waals surface area contributed by atoms with Crippen LogP contribution in [0.15, 0.2) is 48.7 Å². The number of likely N-dealkylation sites (N-methyl/N-ethyl adjacent to an activating group) is 1. The van der Waals surface area contributed by atoms with E-state index in [0.717, 1.165) is 54.6 Å². The van der Waals surface area contributed by atoms with Crippen LogP contribution in [0.25, 0.3) is 10.8 Å². The van der Waals surface area contributed by atoms with Crippen molar-refractivity contribution in [3.63, 3.8) is 0 Å². The van der Waals surface area contributed by atoms with E-state index in [2.05, 4.69) is 20.1 Å². The number of nitrogens with zero attached hydrogens (tertiary/aromatic N) is 3. The first-order valence-corrected chi connectivity index (χ1v) is 12.1. The third-order valence-corrected chi connectivity index (χ3v) is 6.63. The molecule has 0 unspecified atom stereocenters. The first-order valence-electron chi connectivity index (χ1n) is 12.1. The number of pyridine rings is 1. The second kappa shape index (κ2) is 11.5. The van der Waals surface area contributed by atoms with Gasteiger partial charge in [0.2, 0.25) is 5.91 Å². The highest BCUT2D eigenvalue weighted by Crippen LogP contribution is 2.21. The van der Waals surface area contributed by atoms with Crippen molar-refractivity contribution in [2.75, 3.05) is 45.5 Å². The first kappa shape index (κ1) is 25.7. The molecule has 0 radical (unpaired) electrons. The number of anilines is 1. The van der Waals surface area contributed by atoms with Crippen molar-refractivity contribution in [3.05, 3.63) is 71.4 Å². The normalized spacial score (nSPS) is 15.6. The molecule has 7 nitrogen and oxygen atoms in total. The average Bonchev–Trinajstić information content (AvgIpc) is 2.86. The molecule has 0 spiro atoms. The zero-order valence-corrected chi connectivity index (χ0v) is 20.3. The molecule has 0 bridgehead atoms. The van der Waals surface area contributed by atoms with Crippen molar-refractivity contribution < 1.29 is 18.4 Å². The molecule has 3 aromatic rings. The highest BCUT2D eigenvalue weighted by atomic mass is 19.2. The van der Waals surface area contributed by atoms with E-state index < -0.39 is 17.6 Å². The minimum Gasteiger partial charge on any atom is -0.383 e. The highest BCUT2D eigenvalue weighted by Gasteiger charge is 2.25. The SMILES string of the molecule is CN1CCN(CC(=O)C[C@@H](Cc2ccc(F)c(F)c2)C(=O)NCc2ccc3c(N)nccc3c2)CC1. The summed E-state index contributed by atoms with van der Waals surface area (Å²) in [7, 11) is 2.04. The van der Waals surface area contributed by atoms with Crippen LogP contribution in [0.4, 0.5) is 14.6 Å². The Bertz CT molecular complexity index is 1240. The van der Waals surface area contributed by atoms with Gasteiger partial charge in [-0.25, -0.2) is 13.8 Å². The van der Waals surface area contributed by atoms with Gasteiger partial charge in [0.1, 0.15) is 11.6 Å². The Morgan fingerprint density at radius 1 is 1.03 bits per heavy atom. The fourth-order valence-corrected chi connectivity index (χ4v) is 4.50. The molecule has 2 heterocycles. The number of amides is 1. The summed E-state index contributed by atoms with van der Waals surface area (Å²) in [6, 6.07) is 11.1. The van der Waals surface area contributed by atoms with Crippen LogP contribution in [0.1, 0.15) is 17.5 Å². The fourth-order valence-electron chi connectivity index (χ4n) is 4.50. The molecule has 1 aliphatic rings. The number of nitrogen functional groups attached to an aromatic ring is 1. The first-order chi connectivity index (χ1) is 17.3. The van der Waals surface area contributed by atoms with Crippen molar-refractivity contribution in [3.8, 4) is 0 Å². The zero-order chi connectivity index (χ0) is 25.7. The van der Waals surface area contributed by atoms with Crippen LogP contribution in [0, 0.1) is 17.6 Å². The van der Waals surface area contributed by atoms with Gasteiger partial charge in [-0.1, -0.05) is 18.2 Å². The second-order valence-corrected chi connectivity index (χ2v) is 9.44. The number of ketones is 1. The predicted molar refractivity (Wildman–Crippen MR) is 135 cm³/mol. The standard InChI is InChI=1S/C27H31F2N5O2/c1-33-8-10-34(11-9-33)17-22(35)15-21(12-18-3-5-24(28)25(29)14-18)27(36)32-16-19-2-4-23-20(13-19)6-7-31-26(23)30/h2-7,13-14,21H,8-12,15-17H2,1H3,(H2,30,31)(H,32,36)/t21-/m1/s1. The van der Waals surface area contributed by atoms with Crippen LogP contribution < -0.4 is 11.1 Å². The Kier molecular flexibility index (Phi) is 8.22. The number of halogens is 2. The molecule has 36 heavy (non-hydrogen) atoms. The number of benzene rings is 2. The van der Waals surface area contributed by atoms with Crippen LogP contribution in [-0.4, -0.2) is 66.2 Å². The van der Waals surface area contributed by atoms with Crippen LogP contribution >= 0.6 is 0 Å². The van der Waals surface area contributed by atoms with Crippen molar-refractivity contribution in [2.24, 2.45) is 5.92 Å². The van der Waals surface area contributed by atoms with Gasteiger partial charge in [0, 0.05) is 56.6 Å². The molecule has 1 aromatic heterocycles. The summed E-state index contributed by atoms with van der Waals surface area (Å²) in [5.74, 6) is -2.53. The van der Waals surface area contributed by atoms with Crippen molar-refractivity contribution in [2.45, 2.75) is 19.4 Å². The van der Waals surface area contributed by atoms with E-state index in [-0.39, 0.29) is 37.6 Å². The van der Waals surface area contributed by atoms with E-state index in [4.69, 9.17) is 5.73 Å². The van der Waals surface area contributed by atoms with Crippen LogP contribution in [-0.2, 0) is 22.6 Å². The number of fused-ring (bicyclic) bond motifs is 1. The summed E-state index contributed by atoms with van der Waals surface area (Å²) in [6.45, 7) is 3.90. The molecule has 1 fully saturated rings. The molecule has 4 rings (SSSR count). The van der Waals surface area contributed by atoms with Gasteiger partial charge in [-0.2, -0.15) is 0 Å². The molecular weight excluding hydrogens is 464 g/mol. The van der Waals surface area contributed by atoms with Gasteiger partial charge in [-0.3, -0.25) is 14.5 Å². The molecule has 9 heteroatoms. The van der Waals surface area contributed by atoms with Gasteiger partial charge in [-0.05, 0) is 54.2 Å². The molecule has 3 N–H and O–H groups in total. The number of nitrogens with two attached hydrogens (primary N) is 1. The number of hydrogen-bond acceptors (Lipinski definition) is 6. The van der Waals surface area contributed by atoms with E-state index >= 15 is 0 Å². The monoisotopic (exact) mass is 495 g/mol. The number of carbonyl (C=O) groups is 2. The number of aromatic nitrogens is 1. The maximum Gasteiger partial charge on any atom is 0.224 e. The third kappa shape index (κ3) is 6.61. The van der Waals surface area contributed by atoms with E-state index in [9.17, 15) is 18.4 Å². The Balaban J connectivity index is 1.44. The number of nitrogens with one attached hydrogen (secondary N) is 1. The van der Waals surface area contributed by atoms with E-state index in [1.54, 1.807) is 6.20 Å². The number of rotatable bonds is 9. The van der Waals surface area contributed by atoms with Gasteiger partial charge in [0.15, 0.2) is 11.6 Å². The van der Waals surface area contributed by atoms with Gasteiger partial charge < -0.3 is 16.0 Å². The molecular formula is C27H31F2N5O2. The Morgan fingerprint density at radius 3 is 2.53 bits per heavy atom. The molecule has 1 atom stereocenters. The predicted octanol–water partition coefficient (Wildman–Crippen LogP) is 2.78. The smallest absolute Gasteiger partial charge is 0.224 e. The van der Waals surface area contributed by atoms with E-state index in [1.165, 1.54) is 6.07 Å². The number of hydrogen-bond donors (Lipinski definition) is 2. The summed E-state index contributed by atoms with van der Waals surface area (Å²) < 4.78 is 27.2. The molecule has 190 valence electrons. The molecule has 1 aliphatic heterocycles. The average molecular weight is 496 g/mol. The molecule has 0 aliphatic carbocycles. The Labute approximate surface area is 209 Å². The lowest BCUT2D eigenvalue weighted by molar-refractivity contribution is -0.130. The summed E-state index contributed by atoms with van der Waals surface area (Å²) >= 11 is 0. The van der Waals surface area contributed by atoms with Crippen molar-refractivity contribution in [1.82, 2.24) is 20.1 Å². The number of Topliss-reactive ketones (excluding diaryl/α,β-unsaturated/α-hetero) is 1. The lowest BCUT2D eigenvalue weighted by Gasteiger charge is -2.32. The third-order valence-electron chi connectivity index (χ3n) is 6.63. The Hall–Kier alpha value is -3.43. The van der Waals surface area contributed by atoms with E-state index in [1.807, 2.05) is 31.3 Å². The van der Waals surface area contributed by atoms with Crippen LogP contribution in [0.2, 0.25) is 0 Å². The molecule has 2 aromatic carbocycles. The topological polar surface area (TPSA) is 91.6 Å². The van der Waals surface area contributed by atoms with Gasteiger partial charge in [-0.15, -0.1) is 0 Å². The maximum absolute atomic E-state index is 13.8. The summed E-state index contributed by atoms with van der Waals surface area (Å²) in [4.78, 5) is 34.4. The lowest BCUT2D eigenvalue weighted by atomic mass is 9.93. The number of piperazine rings is 1. The quantitative estimate of drug-likeness (QED) is 0.475. The molecule has 0 saturated carbocycles. The molecule has 1 saturated heterocycles. The van der Waals surface area contributed by atoms with E-state index in [0.29, 0.717) is 11.4 Å². The summed E-state index contributed by atoms with van der Waals surface area (Å²) in [5.41, 5.74) is 7.25. The minimum atomic E-state index is -0.972. The number of carbonyl (C=O) groups excluding carboxylic acids is 2. The fraction of sp³-hybridized carbons (Fsp3) is 0.370. The largest absolute Gasteiger partial charge is 0.383 e. The highest BCUT2D eigenvalue weighted by molar-refractivity contribution is 5.91. The minimum absolute atomic E-state index is 0.0249. The summed E-state index contributed by atoms with van der Waals surface area (Å²) in [6.07, 6.45) is 1.79. The second-order valence-electron chi connectivity index (χ2n) is 9.44. The summed E-state index contributed by atoms with van der Waals surface area (Å²) in [5, 5.41) is 4.66. The zero-order valence-electron chi connectivity index (χ0n) is 20.3. The van der Waals surface area contributed by atoms with Crippen LogP contribution in [0.3, 0.4) is 0 Å². The van der Waals surface area contributed by atoms with Crippen molar-refractivity contribution >= 4 is 28.3 Å². The van der Waals surface area contributed by atoms with Crippen LogP contribution in [0.5, 0.6) is 0 Å². The maximum atomic E-state index is 13.8. The van der Waals surface area contributed by atoms with Crippen molar-refractivity contribution in [1.29, 1.82) is 0 Å².